The van der Waals surface area contributed by atoms with Gasteiger partial charge in [-0.15, -0.1) is 0 Å². The molecular formula is C14H14N2O2S. The van der Waals surface area contributed by atoms with Crippen molar-refractivity contribution in [1.29, 1.82) is 0 Å². The molecule has 1 unspecified atom stereocenters. The largest absolute Gasteiger partial charge is 0.362 e. The van der Waals surface area contributed by atoms with Gasteiger partial charge in [0.2, 0.25) is 0 Å². The Hall–Kier alpha value is -1.88. The maximum atomic E-state index is 12.0. The van der Waals surface area contributed by atoms with Crippen molar-refractivity contribution in [2.45, 2.75) is 17.9 Å². The van der Waals surface area contributed by atoms with Crippen molar-refractivity contribution >= 4 is 15.7 Å². The number of fused-ring (bicyclic) bond motifs is 1. The minimum atomic E-state index is -3.17. The van der Waals surface area contributed by atoms with Crippen molar-refractivity contribution in [3.8, 4) is 0 Å². The molecule has 2 heterocycles. The van der Waals surface area contributed by atoms with Gasteiger partial charge in [0.05, 0.1) is 16.7 Å². The second-order valence-corrected chi connectivity index (χ2v) is 6.74. The summed E-state index contributed by atoms with van der Waals surface area (Å²) >= 11 is 0. The number of sulfone groups is 1. The van der Waals surface area contributed by atoms with Gasteiger partial charge in [0.1, 0.15) is 5.82 Å². The van der Waals surface area contributed by atoms with Gasteiger partial charge < -0.3 is 5.32 Å². The molecule has 5 heteroatoms. The predicted octanol–water partition coefficient (Wildman–Crippen LogP) is 2.33. The van der Waals surface area contributed by atoms with Gasteiger partial charge in [-0.25, -0.2) is 13.4 Å². The fourth-order valence-corrected chi connectivity index (χ4v) is 4.04. The van der Waals surface area contributed by atoms with Gasteiger partial charge in [0.25, 0.3) is 0 Å². The number of anilines is 1. The lowest BCUT2D eigenvalue weighted by Gasteiger charge is -2.13. The Morgan fingerprint density at radius 3 is 2.74 bits per heavy atom. The highest BCUT2D eigenvalue weighted by Gasteiger charge is 2.34. The van der Waals surface area contributed by atoms with Crippen molar-refractivity contribution in [2.24, 2.45) is 0 Å². The summed E-state index contributed by atoms with van der Waals surface area (Å²) in [7, 11) is -3.17. The van der Waals surface area contributed by atoms with E-state index in [9.17, 15) is 8.42 Å². The van der Waals surface area contributed by atoms with E-state index in [4.69, 9.17) is 0 Å². The number of rotatable bonds is 2. The van der Waals surface area contributed by atoms with Crippen LogP contribution in [0.4, 0.5) is 5.82 Å². The molecule has 1 atom stereocenters. The summed E-state index contributed by atoms with van der Waals surface area (Å²) in [6.07, 6.45) is 1.76. The van der Waals surface area contributed by atoms with E-state index in [1.165, 1.54) is 0 Å². The van der Waals surface area contributed by atoms with Crippen molar-refractivity contribution < 1.29 is 8.42 Å². The van der Waals surface area contributed by atoms with E-state index in [0.29, 0.717) is 10.7 Å². The van der Waals surface area contributed by atoms with Gasteiger partial charge in [0, 0.05) is 6.20 Å². The highest BCUT2D eigenvalue weighted by Crippen LogP contribution is 2.34. The van der Waals surface area contributed by atoms with E-state index in [1.54, 1.807) is 18.3 Å². The third kappa shape index (κ3) is 2.21. The lowest BCUT2D eigenvalue weighted by atomic mass is 10.1. The number of aryl methyl sites for hydroxylation is 1. The molecule has 0 amide bonds. The molecule has 0 saturated carbocycles. The summed E-state index contributed by atoms with van der Waals surface area (Å²) in [6, 6.07) is 10.7. The van der Waals surface area contributed by atoms with E-state index < -0.39 is 9.84 Å². The van der Waals surface area contributed by atoms with E-state index >= 15 is 0 Å². The fraction of sp³-hybridized carbons (Fsp3) is 0.214. The minimum absolute atomic E-state index is 0.0852. The third-order valence-corrected chi connectivity index (χ3v) is 5.06. The first-order valence-corrected chi connectivity index (χ1v) is 7.72. The number of pyridine rings is 1. The number of hydrogen-bond acceptors (Lipinski definition) is 4. The SMILES string of the molecule is Cc1ccc(NC2CS(=O)(=O)c3ccccc32)nc1. The molecule has 4 nitrogen and oxygen atoms in total. The molecule has 98 valence electrons. The van der Waals surface area contributed by atoms with Crippen molar-refractivity contribution in [3.05, 3.63) is 53.7 Å². The monoisotopic (exact) mass is 274 g/mol. The quantitative estimate of drug-likeness (QED) is 0.913. The van der Waals surface area contributed by atoms with Crippen LogP contribution in [0.2, 0.25) is 0 Å². The molecule has 0 fully saturated rings. The second kappa shape index (κ2) is 4.35. The average molecular weight is 274 g/mol. The number of nitrogens with one attached hydrogen (secondary N) is 1. The summed E-state index contributed by atoms with van der Waals surface area (Å²) < 4.78 is 24.1. The highest BCUT2D eigenvalue weighted by molar-refractivity contribution is 7.91. The number of aromatic nitrogens is 1. The molecule has 2 aromatic rings. The van der Waals surface area contributed by atoms with Crippen LogP contribution in [0.5, 0.6) is 0 Å². The molecule has 0 spiro atoms. The van der Waals surface area contributed by atoms with Crippen LogP contribution in [0, 0.1) is 6.92 Å². The first-order valence-electron chi connectivity index (χ1n) is 6.07. The lowest BCUT2D eigenvalue weighted by molar-refractivity contribution is 0.598. The van der Waals surface area contributed by atoms with Crippen LogP contribution in [0.25, 0.3) is 0 Å². The molecule has 0 saturated heterocycles. The van der Waals surface area contributed by atoms with Crippen LogP contribution >= 0.6 is 0 Å². The van der Waals surface area contributed by atoms with Crippen molar-refractivity contribution in [1.82, 2.24) is 4.98 Å². The first-order chi connectivity index (χ1) is 9.06. The van der Waals surface area contributed by atoms with Crippen molar-refractivity contribution in [3.63, 3.8) is 0 Å². The van der Waals surface area contributed by atoms with Gasteiger partial charge in [-0.2, -0.15) is 0 Å². The van der Waals surface area contributed by atoms with Crippen LogP contribution < -0.4 is 5.32 Å². The number of benzene rings is 1. The molecule has 1 aliphatic rings. The Balaban J connectivity index is 1.94. The average Bonchev–Trinajstić information content (AvgIpc) is 2.65. The minimum Gasteiger partial charge on any atom is -0.362 e. The highest BCUT2D eigenvalue weighted by atomic mass is 32.2. The van der Waals surface area contributed by atoms with Gasteiger partial charge in [-0.3, -0.25) is 0 Å². The van der Waals surface area contributed by atoms with E-state index in [-0.39, 0.29) is 11.8 Å². The van der Waals surface area contributed by atoms with E-state index in [0.717, 1.165) is 11.1 Å². The van der Waals surface area contributed by atoms with Gasteiger partial charge in [-0.05, 0) is 30.2 Å². The number of nitrogens with zero attached hydrogens (tertiary/aromatic N) is 1. The molecule has 1 N–H and O–H groups in total. The third-order valence-electron chi connectivity index (χ3n) is 3.25. The molecular weight excluding hydrogens is 260 g/mol. The van der Waals surface area contributed by atoms with Crippen LogP contribution in [-0.4, -0.2) is 19.2 Å². The van der Waals surface area contributed by atoms with E-state index in [1.807, 2.05) is 31.2 Å². The lowest BCUT2D eigenvalue weighted by Crippen LogP contribution is -2.13. The fourth-order valence-electron chi connectivity index (χ4n) is 2.30. The number of hydrogen-bond donors (Lipinski definition) is 1. The van der Waals surface area contributed by atoms with E-state index in [2.05, 4.69) is 10.3 Å². The molecule has 1 aromatic carbocycles. The van der Waals surface area contributed by atoms with Crippen LogP contribution in [0.15, 0.2) is 47.5 Å². The van der Waals surface area contributed by atoms with Gasteiger partial charge in [-0.1, -0.05) is 24.3 Å². The Morgan fingerprint density at radius 2 is 2.00 bits per heavy atom. The summed E-state index contributed by atoms with van der Waals surface area (Å²) in [4.78, 5) is 4.69. The molecule has 0 radical (unpaired) electrons. The summed E-state index contributed by atoms with van der Waals surface area (Å²) in [5, 5.41) is 3.19. The summed E-state index contributed by atoms with van der Waals surface area (Å²) in [6.45, 7) is 1.96. The maximum Gasteiger partial charge on any atom is 0.181 e. The molecule has 19 heavy (non-hydrogen) atoms. The Kier molecular flexibility index (Phi) is 2.78. The maximum absolute atomic E-state index is 12.0. The summed E-state index contributed by atoms with van der Waals surface area (Å²) in [5.74, 6) is 0.782. The predicted molar refractivity (Wildman–Crippen MR) is 73.8 cm³/mol. The molecule has 1 aromatic heterocycles. The zero-order valence-corrected chi connectivity index (χ0v) is 11.3. The molecule has 3 rings (SSSR count). The normalized spacial score (nSPS) is 19.9. The van der Waals surface area contributed by atoms with Crippen LogP contribution in [0.1, 0.15) is 17.2 Å². The van der Waals surface area contributed by atoms with Crippen molar-refractivity contribution in [2.75, 3.05) is 11.1 Å². The zero-order valence-electron chi connectivity index (χ0n) is 10.5. The summed E-state index contributed by atoms with van der Waals surface area (Å²) in [5.41, 5.74) is 1.90. The second-order valence-electron chi connectivity index (χ2n) is 4.74. The van der Waals surface area contributed by atoms with Crippen LogP contribution in [-0.2, 0) is 9.84 Å². The van der Waals surface area contributed by atoms with Gasteiger partial charge in [0.15, 0.2) is 9.84 Å². The molecule has 0 bridgehead atoms. The van der Waals surface area contributed by atoms with Crippen LogP contribution in [0.3, 0.4) is 0 Å². The standard InChI is InChI=1S/C14H14N2O2S/c1-10-6-7-14(15-8-10)16-12-9-19(17,18)13-5-3-2-4-11(12)13/h2-8,12H,9H2,1H3,(H,15,16). The smallest absolute Gasteiger partial charge is 0.181 e. The molecule has 1 aliphatic heterocycles. The topological polar surface area (TPSA) is 59.1 Å². The van der Waals surface area contributed by atoms with Gasteiger partial charge >= 0.3 is 0 Å². The molecule has 0 aliphatic carbocycles. The Labute approximate surface area is 112 Å². The zero-order chi connectivity index (χ0) is 13.5. The Morgan fingerprint density at radius 1 is 1.21 bits per heavy atom. The first kappa shape index (κ1) is 12.2. The Bertz CT molecular complexity index is 708.